The minimum absolute atomic E-state index is 0.0100. The first-order chi connectivity index (χ1) is 9.20. The fraction of sp³-hybridized carbons (Fsp3) is 0.400. The number of piperidine rings is 1. The van der Waals surface area contributed by atoms with Crippen molar-refractivity contribution >= 4 is 12.0 Å². The van der Waals surface area contributed by atoms with Gasteiger partial charge in [-0.05, 0) is 43.0 Å². The highest BCUT2D eigenvalue weighted by atomic mass is 19.1. The van der Waals surface area contributed by atoms with Gasteiger partial charge in [0.1, 0.15) is 5.82 Å². The van der Waals surface area contributed by atoms with Gasteiger partial charge in [0.15, 0.2) is 0 Å². The van der Waals surface area contributed by atoms with Crippen LogP contribution in [-0.2, 0) is 4.79 Å². The highest BCUT2D eigenvalue weighted by Crippen LogP contribution is 2.17. The molecule has 4 heteroatoms. The third kappa shape index (κ3) is 3.64. The summed E-state index contributed by atoms with van der Waals surface area (Å²) in [6.45, 7) is 0.702. The van der Waals surface area contributed by atoms with Gasteiger partial charge in [-0.15, -0.1) is 0 Å². The molecule has 1 N–H and O–H groups in total. The van der Waals surface area contributed by atoms with Gasteiger partial charge in [0.05, 0.1) is 12.6 Å². The number of carbonyl (C=O) groups excluding carboxylic acids is 1. The van der Waals surface area contributed by atoms with Gasteiger partial charge in [-0.2, -0.15) is 0 Å². The van der Waals surface area contributed by atoms with E-state index < -0.39 is 0 Å². The zero-order chi connectivity index (χ0) is 13.7. The van der Waals surface area contributed by atoms with Crippen molar-refractivity contribution < 1.29 is 14.3 Å². The topological polar surface area (TPSA) is 40.5 Å². The first kappa shape index (κ1) is 13.7. The second-order valence-corrected chi connectivity index (χ2v) is 4.75. The first-order valence-electron chi connectivity index (χ1n) is 6.56. The average molecular weight is 263 g/mol. The van der Waals surface area contributed by atoms with E-state index in [1.165, 1.54) is 18.2 Å². The molecule has 3 nitrogen and oxygen atoms in total. The Balaban J connectivity index is 2.01. The van der Waals surface area contributed by atoms with Crippen LogP contribution in [-0.4, -0.2) is 35.1 Å². The predicted molar refractivity (Wildman–Crippen MR) is 71.9 cm³/mol. The third-order valence-corrected chi connectivity index (χ3v) is 3.41. The standard InChI is InChI=1S/C15H18FNO2/c16-13-7-4-12(5-8-13)6-9-15(19)17-10-2-1-3-14(17)11-18/h4-9,14,18H,1-3,10-11H2/b9-6+. The Bertz CT molecular complexity index is 456. The maximum absolute atomic E-state index is 12.7. The Hall–Kier alpha value is -1.68. The molecule has 1 atom stereocenters. The number of hydrogen-bond acceptors (Lipinski definition) is 2. The minimum Gasteiger partial charge on any atom is -0.394 e. The van der Waals surface area contributed by atoms with Crippen molar-refractivity contribution in [2.24, 2.45) is 0 Å². The molecule has 1 amide bonds. The summed E-state index contributed by atoms with van der Waals surface area (Å²) in [7, 11) is 0. The lowest BCUT2D eigenvalue weighted by molar-refractivity contribution is -0.130. The Morgan fingerprint density at radius 2 is 2.11 bits per heavy atom. The fourth-order valence-corrected chi connectivity index (χ4v) is 2.32. The fourth-order valence-electron chi connectivity index (χ4n) is 2.32. The van der Waals surface area contributed by atoms with E-state index in [1.54, 1.807) is 23.1 Å². The number of likely N-dealkylation sites (tertiary alicyclic amines) is 1. The predicted octanol–water partition coefficient (Wildman–Crippen LogP) is 2.21. The van der Waals surface area contributed by atoms with Crippen LogP contribution in [0, 0.1) is 5.82 Å². The van der Waals surface area contributed by atoms with Crippen molar-refractivity contribution in [1.29, 1.82) is 0 Å². The molecule has 0 aromatic heterocycles. The summed E-state index contributed by atoms with van der Waals surface area (Å²) in [6, 6.07) is 5.90. The summed E-state index contributed by atoms with van der Waals surface area (Å²) in [5.74, 6) is -0.386. The SMILES string of the molecule is O=C(/C=C/c1ccc(F)cc1)N1CCCCC1CO. The summed E-state index contributed by atoms with van der Waals surface area (Å²) >= 11 is 0. The van der Waals surface area contributed by atoms with E-state index in [0.29, 0.717) is 6.54 Å². The second kappa shape index (κ2) is 6.48. The number of hydrogen-bond donors (Lipinski definition) is 1. The molecular weight excluding hydrogens is 245 g/mol. The first-order valence-corrected chi connectivity index (χ1v) is 6.56. The number of nitrogens with zero attached hydrogens (tertiary/aromatic N) is 1. The number of benzene rings is 1. The van der Waals surface area contributed by atoms with E-state index in [2.05, 4.69) is 0 Å². The van der Waals surface area contributed by atoms with Crippen LogP contribution < -0.4 is 0 Å². The molecule has 102 valence electrons. The van der Waals surface area contributed by atoms with Crippen molar-refractivity contribution in [3.05, 3.63) is 41.7 Å². The summed E-state index contributed by atoms with van der Waals surface area (Å²) in [4.78, 5) is 13.8. The molecule has 0 bridgehead atoms. The molecule has 1 aromatic rings. The van der Waals surface area contributed by atoms with Gasteiger partial charge in [0.2, 0.25) is 5.91 Å². The Labute approximate surface area is 112 Å². The average Bonchev–Trinajstić information content (AvgIpc) is 2.46. The molecule has 1 heterocycles. The Kier molecular flexibility index (Phi) is 4.68. The molecule has 0 radical (unpaired) electrons. The van der Waals surface area contributed by atoms with Gasteiger partial charge < -0.3 is 10.0 Å². The van der Waals surface area contributed by atoms with Gasteiger partial charge >= 0.3 is 0 Å². The largest absolute Gasteiger partial charge is 0.394 e. The van der Waals surface area contributed by atoms with E-state index in [4.69, 9.17) is 0 Å². The molecule has 1 aliphatic rings. The van der Waals surface area contributed by atoms with Crippen LogP contribution in [0.4, 0.5) is 4.39 Å². The molecule has 0 saturated carbocycles. The molecule has 1 aliphatic heterocycles. The quantitative estimate of drug-likeness (QED) is 0.849. The summed E-state index contributed by atoms with van der Waals surface area (Å²) in [5, 5.41) is 9.27. The molecule has 0 aliphatic carbocycles. The Morgan fingerprint density at radius 1 is 1.37 bits per heavy atom. The van der Waals surface area contributed by atoms with Gasteiger partial charge in [0, 0.05) is 12.6 Å². The van der Waals surface area contributed by atoms with Gasteiger partial charge in [-0.25, -0.2) is 4.39 Å². The molecule has 19 heavy (non-hydrogen) atoms. The molecule has 2 rings (SSSR count). The number of halogens is 1. The zero-order valence-corrected chi connectivity index (χ0v) is 10.8. The Morgan fingerprint density at radius 3 is 2.79 bits per heavy atom. The van der Waals surface area contributed by atoms with Crippen LogP contribution in [0.2, 0.25) is 0 Å². The van der Waals surface area contributed by atoms with E-state index in [-0.39, 0.29) is 24.4 Å². The summed E-state index contributed by atoms with van der Waals surface area (Å²) in [6.07, 6.45) is 6.04. The second-order valence-electron chi connectivity index (χ2n) is 4.75. The maximum atomic E-state index is 12.7. The molecule has 1 unspecified atom stereocenters. The van der Waals surface area contributed by atoms with Crippen molar-refractivity contribution in [2.75, 3.05) is 13.2 Å². The smallest absolute Gasteiger partial charge is 0.246 e. The van der Waals surface area contributed by atoms with Crippen molar-refractivity contribution in [1.82, 2.24) is 4.90 Å². The molecular formula is C15H18FNO2. The van der Waals surface area contributed by atoms with E-state index >= 15 is 0 Å². The molecule has 1 saturated heterocycles. The lowest BCUT2D eigenvalue weighted by atomic mass is 10.0. The summed E-state index contributed by atoms with van der Waals surface area (Å²) in [5.41, 5.74) is 0.785. The molecule has 1 aromatic carbocycles. The number of amides is 1. The van der Waals surface area contributed by atoms with E-state index in [1.807, 2.05) is 0 Å². The number of aliphatic hydroxyl groups excluding tert-OH is 1. The normalized spacial score (nSPS) is 19.9. The van der Waals surface area contributed by atoms with Crippen molar-refractivity contribution in [3.8, 4) is 0 Å². The molecule has 0 spiro atoms. The monoisotopic (exact) mass is 263 g/mol. The molecule has 1 fully saturated rings. The highest BCUT2D eigenvalue weighted by molar-refractivity contribution is 5.92. The summed E-state index contributed by atoms with van der Waals surface area (Å²) < 4.78 is 12.7. The number of rotatable bonds is 3. The van der Waals surface area contributed by atoms with Crippen LogP contribution in [0.3, 0.4) is 0 Å². The maximum Gasteiger partial charge on any atom is 0.246 e. The van der Waals surface area contributed by atoms with Gasteiger partial charge in [0.25, 0.3) is 0 Å². The van der Waals surface area contributed by atoms with Crippen LogP contribution >= 0.6 is 0 Å². The highest BCUT2D eigenvalue weighted by Gasteiger charge is 2.24. The minimum atomic E-state index is -0.292. The van der Waals surface area contributed by atoms with E-state index in [9.17, 15) is 14.3 Å². The number of aliphatic hydroxyl groups is 1. The lowest BCUT2D eigenvalue weighted by Gasteiger charge is -2.33. The zero-order valence-electron chi connectivity index (χ0n) is 10.8. The number of carbonyl (C=O) groups is 1. The van der Waals surface area contributed by atoms with Gasteiger partial charge in [-0.3, -0.25) is 4.79 Å². The van der Waals surface area contributed by atoms with E-state index in [0.717, 1.165) is 24.8 Å². The van der Waals surface area contributed by atoms with Crippen LogP contribution in [0.5, 0.6) is 0 Å². The lowest BCUT2D eigenvalue weighted by Crippen LogP contribution is -2.44. The van der Waals surface area contributed by atoms with Crippen LogP contribution in [0.25, 0.3) is 6.08 Å². The van der Waals surface area contributed by atoms with Crippen LogP contribution in [0.15, 0.2) is 30.3 Å². The van der Waals surface area contributed by atoms with Gasteiger partial charge in [-0.1, -0.05) is 12.1 Å². The van der Waals surface area contributed by atoms with Crippen molar-refractivity contribution in [3.63, 3.8) is 0 Å². The van der Waals surface area contributed by atoms with Crippen molar-refractivity contribution in [2.45, 2.75) is 25.3 Å². The van der Waals surface area contributed by atoms with Crippen LogP contribution in [0.1, 0.15) is 24.8 Å². The third-order valence-electron chi connectivity index (χ3n) is 3.41.